The number of aromatic nitrogens is 1. The topological polar surface area (TPSA) is 97.2 Å². The van der Waals surface area contributed by atoms with Crippen molar-refractivity contribution in [3.05, 3.63) is 33.6 Å². The molecule has 1 aliphatic heterocycles. The molecule has 1 amide bonds. The van der Waals surface area contributed by atoms with Gasteiger partial charge in [0.1, 0.15) is 6.20 Å². The molecule has 0 unspecified atom stereocenters. The molecule has 1 fully saturated rings. The molecule has 0 atom stereocenters. The maximum atomic E-state index is 12.1. The van der Waals surface area contributed by atoms with Crippen LogP contribution in [0.5, 0.6) is 0 Å². The maximum Gasteiger partial charge on any atom is 0.288 e. The fraction of sp³-hybridized carbons (Fsp3) is 0.500. The number of nitro groups is 1. The lowest BCUT2D eigenvalue weighted by Crippen LogP contribution is -2.42. The second-order valence-electron chi connectivity index (χ2n) is 4.58. The van der Waals surface area contributed by atoms with Crippen LogP contribution in [-0.2, 0) is 0 Å². The molecule has 7 nitrogen and oxygen atoms in total. The molecule has 0 aliphatic carbocycles. The highest BCUT2D eigenvalue weighted by atomic mass is 35.5. The zero-order chi connectivity index (χ0) is 13.8. The first-order valence-electron chi connectivity index (χ1n) is 6.20. The molecular weight excluding hydrogens is 284 g/mol. The predicted molar refractivity (Wildman–Crippen MR) is 76.2 cm³/mol. The molecule has 2 rings (SSSR count). The summed E-state index contributed by atoms with van der Waals surface area (Å²) in [6, 6.07) is 1.39. The average Bonchev–Trinajstić information content (AvgIpc) is 2.40. The Kier molecular flexibility index (Phi) is 5.84. The minimum Gasteiger partial charge on any atom is -0.349 e. The van der Waals surface area contributed by atoms with Crippen LogP contribution in [0.15, 0.2) is 12.3 Å². The van der Waals surface area contributed by atoms with Crippen LogP contribution in [0.4, 0.5) is 5.69 Å². The van der Waals surface area contributed by atoms with Crippen molar-refractivity contribution in [3.63, 3.8) is 0 Å². The van der Waals surface area contributed by atoms with Gasteiger partial charge in [-0.3, -0.25) is 19.9 Å². The molecule has 8 heteroatoms. The minimum absolute atomic E-state index is 0. The van der Waals surface area contributed by atoms with Crippen molar-refractivity contribution < 1.29 is 9.72 Å². The molecular formula is C12H17ClN4O3. The number of pyridine rings is 1. The van der Waals surface area contributed by atoms with Crippen LogP contribution in [0.3, 0.4) is 0 Å². The van der Waals surface area contributed by atoms with Gasteiger partial charge >= 0.3 is 0 Å². The Morgan fingerprint density at radius 2 is 2.15 bits per heavy atom. The molecule has 110 valence electrons. The number of aryl methyl sites for hydroxylation is 1. The highest BCUT2D eigenvalue weighted by Crippen LogP contribution is 2.15. The summed E-state index contributed by atoms with van der Waals surface area (Å²) in [5, 5.41) is 16.8. The predicted octanol–water partition coefficient (Wildman–Crippen LogP) is 1.20. The van der Waals surface area contributed by atoms with Crippen LogP contribution in [0.25, 0.3) is 0 Å². The number of hydrogen-bond donors (Lipinski definition) is 2. The summed E-state index contributed by atoms with van der Waals surface area (Å²) in [6.07, 6.45) is 2.90. The molecule has 0 spiro atoms. The first kappa shape index (κ1) is 16.3. The van der Waals surface area contributed by atoms with Gasteiger partial charge in [0.05, 0.1) is 16.2 Å². The van der Waals surface area contributed by atoms with E-state index < -0.39 is 4.92 Å². The zero-order valence-electron chi connectivity index (χ0n) is 11.1. The molecule has 1 aromatic rings. The zero-order valence-corrected chi connectivity index (χ0v) is 11.9. The first-order chi connectivity index (χ1) is 9.08. The Hall–Kier alpha value is -1.73. The number of piperidine rings is 1. The van der Waals surface area contributed by atoms with Gasteiger partial charge in [0, 0.05) is 12.1 Å². The van der Waals surface area contributed by atoms with E-state index in [0.717, 1.165) is 32.1 Å². The molecule has 0 saturated carbocycles. The molecule has 2 heterocycles. The fourth-order valence-corrected chi connectivity index (χ4v) is 2.08. The van der Waals surface area contributed by atoms with E-state index in [1.165, 1.54) is 6.07 Å². The number of halogens is 1. The van der Waals surface area contributed by atoms with Crippen molar-refractivity contribution in [2.24, 2.45) is 0 Å². The second-order valence-corrected chi connectivity index (χ2v) is 4.58. The molecule has 1 saturated heterocycles. The quantitative estimate of drug-likeness (QED) is 0.646. The Labute approximate surface area is 122 Å². The lowest BCUT2D eigenvalue weighted by atomic mass is 10.1. The van der Waals surface area contributed by atoms with E-state index in [1.807, 2.05) is 0 Å². The lowest BCUT2D eigenvalue weighted by molar-refractivity contribution is -0.385. The minimum atomic E-state index is -0.548. The summed E-state index contributed by atoms with van der Waals surface area (Å²) in [7, 11) is 0. The van der Waals surface area contributed by atoms with E-state index >= 15 is 0 Å². The van der Waals surface area contributed by atoms with Crippen LogP contribution in [0.2, 0.25) is 0 Å². The Bertz CT molecular complexity index is 503. The normalized spacial score (nSPS) is 15.2. The summed E-state index contributed by atoms with van der Waals surface area (Å²) in [4.78, 5) is 26.2. The van der Waals surface area contributed by atoms with Crippen LogP contribution in [-0.4, -0.2) is 34.9 Å². The highest BCUT2D eigenvalue weighted by molar-refractivity contribution is 5.95. The number of amides is 1. The summed E-state index contributed by atoms with van der Waals surface area (Å²) >= 11 is 0. The molecule has 0 aromatic carbocycles. The second kappa shape index (κ2) is 7.16. The Balaban J connectivity index is 0.00000200. The number of nitrogens with one attached hydrogen (secondary N) is 2. The van der Waals surface area contributed by atoms with E-state index in [4.69, 9.17) is 0 Å². The van der Waals surface area contributed by atoms with Crippen molar-refractivity contribution in [2.75, 3.05) is 13.1 Å². The van der Waals surface area contributed by atoms with Crippen molar-refractivity contribution in [3.8, 4) is 0 Å². The van der Waals surface area contributed by atoms with Gasteiger partial charge in [0.15, 0.2) is 0 Å². The maximum absolute atomic E-state index is 12.1. The summed E-state index contributed by atoms with van der Waals surface area (Å²) in [5.74, 6) is -0.291. The lowest BCUT2D eigenvalue weighted by Gasteiger charge is -2.23. The van der Waals surface area contributed by atoms with E-state index in [2.05, 4.69) is 15.6 Å². The third-order valence-corrected chi connectivity index (χ3v) is 3.20. The Morgan fingerprint density at radius 1 is 1.50 bits per heavy atom. The highest BCUT2D eigenvalue weighted by Gasteiger charge is 2.20. The molecule has 1 aromatic heterocycles. The number of rotatable bonds is 3. The van der Waals surface area contributed by atoms with Crippen LogP contribution >= 0.6 is 12.4 Å². The van der Waals surface area contributed by atoms with Crippen LogP contribution < -0.4 is 10.6 Å². The number of hydrogen-bond acceptors (Lipinski definition) is 5. The van der Waals surface area contributed by atoms with Gasteiger partial charge in [-0.2, -0.15) is 0 Å². The molecule has 0 bridgehead atoms. The van der Waals surface area contributed by atoms with Gasteiger partial charge in [-0.25, -0.2) is 0 Å². The van der Waals surface area contributed by atoms with Crippen molar-refractivity contribution >= 4 is 24.0 Å². The molecule has 0 radical (unpaired) electrons. The smallest absolute Gasteiger partial charge is 0.288 e. The third kappa shape index (κ3) is 3.88. The standard InChI is InChI=1S/C12H16N4O3.ClH/c1-8-11(6-10(7-14-8)16(18)19)12(17)15-9-2-4-13-5-3-9;/h6-7,9,13H,2-5H2,1H3,(H,15,17);1H. The number of nitrogens with zero attached hydrogens (tertiary/aromatic N) is 2. The molecule has 2 N–H and O–H groups in total. The molecule has 20 heavy (non-hydrogen) atoms. The van der Waals surface area contributed by atoms with Crippen LogP contribution in [0, 0.1) is 17.0 Å². The number of carbonyl (C=O) groups excluding carboxylic acids is 1. The van der Waals surface area contributed by atoms with Gasteiger partial charge in [0.25, 0.3) is 11.6 Å². The monoisotopic (exact) mass is 300 g/mol. The molecule has 1 aliphatic rings. The number of carbonyl (C=O) groups is 1. The summed E-state index contributed by atoms with van der Waals surface area (Å²) in [5.41, 5.74) is 0.603. The van der Waals surface area contributed by atoms with Gasteiger partial charge in [0.2, 0.25) is 0 Å². The Morgan fingerprint density at radius 3 is 2.75 bits per heavy atom. The first-order valence-corrected chi connectivity index (χ1v) is 6.20. The van der Waals surface area contributed by atoms with E-state index in [-0.39, 0.29) is 35.6 Å². The van der Waals surface area contributed by atoms with Crippen molar-refractivity contribution in [2.45, 2.75) is 25.8 Å². The summed E-state index contributed by atoms with van der Waals surface area (Å²) < 4.78 is 0. The SMILES string of the molecule is Cc1ncc([N+](=O)[O-])cc1C(=O)NC1CCNCC1.Cl. The van der Waals surface area contributed by atoms with Gasteiger partial charge in [-0.1, -0.05) is 0 Å². The fourth-order valence-electron chi connectivity index (χ4n) is 2.08. The van der Waals surface area contributed by atoms with E-state index in [9.17, 15) is 14.9 Å². The van der Waals surface area contributed by atoms with Crippen molar-refractivity contribution in [1.82, 2.24) is 15.6 Å². The van der Waals surface area contributed by atoms with Crippen LogP contribution in [0.1, 0.15) is 28.9 Å². The van der Waals surface area contributed by atoms with E-state index in [0.29, 0.717) is 5.69 Å². The van der Waals surface area contributed by atoms with Gasteiger partial charge in [-0.05, 0) is 32.9 Å². The van der Waals surface area contributed by atoms with Gasteiger partial charge in [-0.15, -0.1) is 12.4 Å². The summed E-state index contributed by atoms with van der Waals surface area (Å²) in [6.45, 7) is 3.41. The average molecular weight is 301 g/mol. The largest absolute Gasteiger partial charge is 0.349 e. The van der Waals surface area contributed by atoms with Crippen molar-refractivity contribution in [1.29, 1.82) is 0 Å². The third-order valence-electron chi connectivity index (χ3n) is 3.20. The van der Waals surface area contributed by atoms with Gasteiger partial charge < -0.3 is 10.6 Å². The van der Waals surface area contributed by atoms with E-state index in [1.54, 1.807) is 6.92 Å².